The molecule has 0 bridgehead atoms. The first kappa shape index (κ1) is 11.6. The van der Waals surface area contributed by atoms with Crippen molar-refractivity contribution in [2.75, 3.05) is 0 Å². The molecule has 0 aromatic carbocycles. The van der Waals surface area contributed by atoms with Crippen LogP contribution in [0.3, 0.4) is 0 Å². The Morgan fingerprint density at radius 3 is 2.88 bits per heavy atom. The third-order valence-electron chi connectivity index (χ3n) is 1.68. The predicted molar refractivity (Wildman–Crippen MR) is 58.0 cm³/mol. The zero-order valence-electron chi connectivity index (χ0n) is 8.58. The molecule has 7 nitrogen and oxygen atoms in total. The van der Waals surface area contributed by atoms with Gasteiger partial charge in [-0.15, -0.1) is 0 Å². The van der Waals surface area contributed by atoms with E-state index < -0.39 is 5.91 Å². The summed E-state index contributed by atoms with van der Waals surface area (Å²) in [6, 6.07) is 5.13. The lowest BCUT2D eigenvalue weighted by molar-refractivity contribution is -0.114. The molecule has 1 rings (SSSR count). The molecule has 0 radical (unpaired) electrons. The number of pyridine rings is 1. The minimum Gasteiger partial charge on any atom is -0.410 e. The largest absolute Gasteiger partial charge is 0.410 e. The molecular weight excluding hydrogens is 210 g/mol. The average Bonchev–Trinajstić information content (AvgIpc) is 2.35. The molecule has 0 aliphatic carbocycles. The van der Waals surface area contributed by atoms with Gasteiger partial charge in [0.05, 0.1) is 0 Å². The van der Waals surface area contributed by atoms with Gasteiger partial charge >= 0.3 is 0 Å². The lowest BCUT2D eigenvalue weighted by Gasteiger charge is -2.00. The number of amides is 1. The number of carbonyl (C=O) groups excluding carboxylic acids is 1. The van der Waals surface area contributed by atoms with Crippen molar-refractivity contribution in [3.63, 3.8) is 0 Å². The zero-order chi connectivity index (χ0) is 12.0. The van der Waals surface area contributed by atoms with Crippen LogP contribution >= 0.6 is 0 Å². The number of hydrazone groups is 1. The zero-order valence-corrected chi connectivity index (χ0v) is 8.58. The van der Waals surface area contributed by atoms with Crippen LogP contribution in [-0.4, -0.2) is 27.6 Å². The number of oxime groups is 1. The Labute approximate surface area is 91.7 Å². The monoisotopic (exact) mass is 221 g/mol. The Kier molecular flexibility index (Phi) is 3.96. The van der Waals surface area contributed by atoms with Gasteiger partial charge in [-0.25, -0.2) is 5.43 Å². The van der Waals surface area contributed by atoms with Crippen LogP contribution in [0.5, 0.6) is 0 Å². The van der Waals surface area contributed by atoms with Crippen molar-refractivity contribution in [3.05, 3.63) is 30.1 Å². The van der Waals surface area contributed by atoms with Crippen LogP contribution in [0.15, 0.2) is 34.7 Å². The van der Waals surface area contributed by atoms with E-state index in [-0.39, 0.29) is 11.5 Å². The first-order valence-corrected chi connectivity index (χ1v) is 4.38. The maximum Gasteiger partial charge on any atom is 0.288 e. The van der Waals surface area contributed by atoms with Crippen molar-refractivity contribution >= 4 is 17.5 Å². The van der Waals surface area contributed by atoms with E-state index in [0.717, 1.165) is 0 Å². The van der Waals surface area contributed by atoms with Crippen molar-refractivity contribution in [3.8, 4) is 0 Å². The number of nitrogens with zero attached hydrogens (tertiary/aromatic N) is 3. The van der Waals surface area contributed by atoms with Crippen LogP contribution in [0.25, 0.3) is 0 Å². The molecule has 0 aliphatic rings. The van der Waals surface area contributed by atoms with Gasteiger partial charge in [-0.3, -0.25) is 9.78 Å². The Bertz CT molecular complexity index is 427. The van der Waals surface area contributed by atoms with Crippen molar-refractivity contribution in [1.29, 1.82) is 0 Å². The summed E-state index contributed by atoms with van der Waals surface area (Å²) in [6.07, 6.45) is 1.56. The second-order valence-corrected chi connectivity index (χ2v) is 2.84. The molecule has 0 atom stereocenters. The molecule has 0 unspecified atom stereocenters. The van der Waals surface area contributed by atoms with E-state index in [1.165, 1.54) is 6.92 Å². The number of amidine groups is 1. The number of carbonyl (C=O) groups is 1. The molecule has 0 aliphatic heterocycles. The van der Waals surface area contributed by atoms with Gasteiger partial charge in [0.1, 0.15) is 11.4 Å². The summed E-state index contributed by atoms with van der Waals surface area (Å²) in [5, 5.41) is 14.6. The van der Waals surface area contributed by atoms with Crippen LogP contribution in [0.2, 0.25) is 0 Å². The maximum atomic E-state index is 11.1. The average molecular weight is 221 g/mol. The summed E-state index contributed by atoms with van der Waals surface area (Å²) in [4.78, 5) is 15.1. The van der Waals surface area contributed by atoms with Gasteiger partial charge in [-0.2, -0.15) is 5.10 Å². The van der Waals surface area contributed by atoms with Crippen LogP contribution in [0, 0.1) is 0 Å². The lowest BCUT2D eigenvalue weighted by Crippen LogP contribution is -2.28. The maximum absolute atomic E-state index is 11.1. The Hall–Kier alpha value is -2.44. The van der Waals surface area contributed by atoms with Crippen LogP contribution < -0.4 is 11.2 Å². The highest BCUT2D eigenvalue weighted by atomic mass is 16.4. The highest BCUT2D eigenvalue weighted by Gasteiger charge is 2.05. The fraction of sp³-hybridized carbons (Fsp3) is 0.111. The van der Waals surface area contributed by atoms with Gasteiger partial charge in [0, 0.05) is 6.20 Å². The third-order valence-corrected chi connectivity index (χ3v) is 1.68. The minimum atomic E-state index is -0.638. The van der Waals surface area contributed by atoms with Gasteiger partial charge in [-0.05, 0) is 19.1 Å². The van der Waals surface area contributed by atoms with Gasteiger partial charge in [0.2, 0.25) is 0 Å². The van der Waals surface area contributed by atoms with E-state index in [0.29, 0.717) is 5.69 Å². The summed E-state index contributed by atoms with van der Waals surface area (Å²) in [5.74, 6) is -0.568. The Morgan fingerprint density at radius 2 is 2.31 bits per heavy atom. The SMILES string of the molecule is C/C(=N\O)C(=O)N/N=C(\N)c1ccccn1. The van der Waals surface area contributed by atoms with Crippen LogP contribution in [-0.2, 0) is 4.79 Å². The molecule has 0 fully saturated rings. The first-order chi connectivity index (χ1) is 7.65. The second-order valence-electron chi connectivity index (χ2n) is 2.84. The van der Waals surface area contributed by atoms with Gasteiger partial charge in [-0.1, -0.05) is 11.2 Å². The quantitative estimate of drug-likeness (QED) is 0.280. The summed E-state index contributed by atoms with van der Waals surface area (Å²) >= 11 is 0. The minimum absolute atomic E-state index is 0.0692. The lowest BCUT2D eigenvalue weighted by atomic mass is 10.3. The summed E-state index contributed by atoms with van der Waals surface area (Å²) in [6.45, 7) is 1.34. The molecule has 1 aromatic heterocycles. The molecule has 1 amide bonds. The molecule has 84 valence electrons. The number of nitrogens with two attached hydrogens (primary N) is 1. The highest BCUT2D eigenvalue weighted by Crippen LogP contribution is 1.91. The van der Waals surface area contributed by atoms with Crippen LogP contribution in [0.4, 0.5) is 0 Å². The van der Waals surface area contributed by atoms with Gasteiger partial charge in [0.25, 0.3) is 5.91 Å². The second kappa shape index (κ2) is 5.44. The first-order valence-electron chi connectivity index (χ1n) is 4.38. The summed E-state index contributed by atoms with van der Waals surface area (Å²) < 4.78 is 0. The predicted octanol–water partition coefficient (Wildman–Crippen LogP) is -0.332. The van der Waals surface area contributed by atoms with E-state index in [9.17, 15) is 4.79 Å². The molecule has 1 heterocycles. The Morgan fingerprint density at radius 1 is 1.56 bits per heavy atom. The van der Waals surface area contributed by atoms with E-state index in [4.69, 9.17) is 10.9 Å². The number of rotatable bonds is 3. The molecule has 0 spiro atoms. The number of hydrogen-bond acceptors (Lipinski definition) is 5. The van der Waals surface area contributed by atoms with Crippen molar-refractivity contribution < 1.29 is 10.0 Å². The standard InChI is InChI=1S/C9H11N5O2/c1-6(14-16)9(15)13-12-8(10)7-4-2-3-5-11-7/h2-5,16H,1H3,(H2,10,12)(H,13,15)/b14-6+. The van der Waals surface area contributed by atoms with E-state index >= 15 is 0 Å². The van der Waals surface area contributed by atoms with Gasteiger partial charge < -0.3 is 10.9 Å². The normalized spacial score (nSPS) is 12.3. The molecule has 7 heteroatoms. The van der Waals surface area contributed by atoms with E-state index in [1.807, 2.05) is 0 Å². The molecule has 1 aromatic rings. The van der Waals surface area contributed by atoms with Crippen molar-refractivity contribution in [1.82, 2.24) is 10.4 Å². The smallest absolute Gasteiger partial charge is 0.288 e. The van der Waals surface area contributed by atoms with E-state index in [2.05, 4.69) is 20.7 Å². The van der Waals surface area contributed by atoms with Gasteiger partial charge in [0.15, 0.2) is 5.84 Å². The van der Waals surface area contributed by atoms with Crippen LogP contribution in [0.1, 0.15) is 12.6 Å². The molecule has 16 heavy (non-hydrogen) atoms. The topological polar surface area (TPSA) is 113 Å². The molecule has 4 N–H and O–H groups in total. The molecular formula is C9H11N5O2. The third kappa shape index (κ3) is 3.05. The van der Waals surface area contributed by atoms with Crippen molar-refractivity contribution in [2.24, 2.45) is 16.0 Å². The summed E-state index contributed by atoms with van der Waals surface area (Å²) in [5.41, 5.74) is 8.01. The summed E-state index contributed by atoms with van der Waals surface area (Å²) in [7, 11) is 0. The number of hydrogen-bond donors (Lipinski definition) is 3. The van der Waals surface area contributed by atoms with Crippen molar-refractivity contribution in [2.45, 2.75) is 6.92 Å². The fourth-order valence-electron chi connectivity index (χ4n) is 0.809. The molecule has 0 saturated carbocycles. The Balaban J connectivity index is 2.69. The number of nitrogens with one attached hydrogen (secondary N) is 1. The van der Waals surface area contributed by atoms with E-state index in [1.54, 1.807) is 24.4 Å². The number of aromatic nitrogens is 1. The fourth-order valence-corrected chi connectivity index (χ4v) is 0.809. The molecule has 0 saturated heterocycles. The highest BCUT2D eigenvalue weighted by molar-refractivity contribution is 6.37.